The summed E-state index contributed by atoms with van der Waals surface area (Å²) >= 11 is 0. The van der Waals surface area contributed by atoms with Crippen LogP contribution in [0.25, 0.3) is 0 Å². The Labute approximate surface area is 124 Å². The molecule has 1 saturated heterocycles. The number of piperidine rings is 1. The van der Waals surface area contributed by atoms with Crippen molar-refractivity contribution in [3.63, 3.8) is 0 Å². The maximum absolute atomic E-state index is 12.3. The van der Waals surface area contributed by atoms with E-state index >= 15 is 0 Å². The van der Waals surface area contributed by atoms with Gasteiger partial charge >= 0.3 is 0 Å². The van der Waals surface area contributed by atoms with Crippen LogP contribution in [0.2, 0.25) is 0 Å². The third kappa shape index (κ3) is 3.71. The van der Waals surface area contributed by atoms with Gasteiger partial charge in [-0.05, 0) is 39.2 Å². The number of nitro groups is 1. The van der Waals surface area contributed by atoms with Crippen molar-refractivity contribution in [2.24, 2.45) is 0 Å². The molecule has 0 bridgehead atoms. The number of rotatable bonds is 4. The van der Waals surface area contributed by atoms with Crippen molar-refractivity contribution in [2.75, 3.05) is 18.0 Å². The number of benzene rings is 1. The number of nitrogens with zero attached hydrogens (tertiary/aromatic N) is 2. The molecule has 0 aliphatic carbocycles. The van der Waals surface area contributed by atoms with Gasteiger partial charge in [0.2, 0.25) is 0 Å². The summed E-state index contributed by atoms with van der Waals surface area (Å²) in [5, 5.41) is 13.8. The van der Waals surface area contributed by atoms with Crippen LogP contribution in [0.5, 0.6) is 0 Å². The first-order chi connectivity index (χ1) is 9.99. The molecule has 1 N–H and O–H groups in total. The minimum absolute atomic E-state index is 0.00836. The molecule has 6 heteroatoms. The van der Waals surface area contributed by atoms with Crippen molar-refractivity contribution in [3.05, 3.63) is 33.9 Å². The molecular formula is C15H21N3O3. The van der Waals surface area contributed by atoms with Crippen LogP contribution in [0.4, 0.5) is 11.4 Å². The van der Waals surface area contributed by atoms with Gasteiger partial charge in [0.25, 0.3) is 11.6 Å². The molecule has 1 fully saturated rings. The molecule has 0 spiro atoms. The van der Waals surface area contributed by atoms with Crippen molar-refractivity contribution in [1.82, 2.24) is 5.32 Å². The van der Waals surface area contributed by atoms with Crippen LogP contribution >= 0.6 is 0 Å². The van der Waals surface area contributed by atoms with E-state index in [1.165, 1.54) is 18.6 Å². The van der Waals surface area contributed by atoms with Gasteiger partial charge in [0, 0.05) is 31.3 Å². The molecule has 0 unspecified atom stereocenters. The lowest BCUT2D eigenvalue weighted by Gasteiger charge is -2.30. The zero-order chi connectivity index (χ0) is 15.4. The summed E-state index contributed by atoms with van der Waals surface area (Å²) in [5.41, 5.74) is 1.13. The lowest BCUT2D eigenvalue weighted by atomic mass is 10.1. The lowest BCUT2D eigenvalue weighted by Crippen LogP contribution is -2.34. The highest BCUT2D eigenvalue weighted by Gasteiger charge is 2.22. The van der Waals surface area contributed by atoms with Gasteiger partial charge in [0.05, 0.1) is 16.2 Å². The number of hydrogen-bond acceptors (Lipinski definition) is 4. The van der Waals surface area contributed by atoms with Crippen LogP contribution in [-0.2, 0) is 0 Å². The van der Waals surface area contributed by atoms with Crippen molar-refractivity contribution < 1.29 is 9.72 Å². The molecule has 0 aromatic heterocycles. The summed E-state index contributed by atoms with van der Waals surface area (Å²) < 4.78 is 0. The predicted molar refractivity (Wildman–Crippen MR) is 81.8 cm³/mol. The van der Waals surface area contributed by atoms with Gasteiger partial charge < -0.3 is 10.2 Å². The Morgan fingerprint density at radius 3 is 2.52 bits per heavy atom. The largest absolute Gasteiger partial charge is 0.371 e. The average molecular weight is 291 g/mol. The van der Waals surface area contributed by atoms with Crippen LogP contribution in [0.1, 0.15) is 43.5 Å². The second-order valence-electron chi connectivity index (χ2n) is 5.63. The number of nitrogens with one attached hydrogen (secondary N) is 1. The summed E-state index contributed by atoms with van der Waals surface area (Å²) in [6.07, 6.45) is 3.36. The quantitative estimate of drug-likeness (QED) is 0.683. The first kappa shape index (κ1) is 15.3. The minimum atomic E-state index is -0.466. The third-order valence-corrected chi connectivity index (χ3v) is 3.55. The molecular weight excluding hydrogens is 270 g/mol. The van der Waals surface area contributed by atoms with Gasteiger partial charge in [-0.15, -0.1) is 0 Å². The molecule has 1 aliphatic rings. The Hall–Kier alpha value is -2.11. The van der Waals surface area contributed by atoms with Crippen molar-refractivity contribution >= 4 is 17.3 Å². The number of anilines is 1. The molecule has 0 atom stereocenters. The third-order valence-electron chi connectivity index (χ3n) is 3.55. The van der Waals surface area contributed by atoms with Crippen LogP contribution in [0.15, 0.2) is 18.2 Å². The molecule has 114 valence electrons. The smallest absolute Gasteiger partial charge is 0.270 e. The first-order valence-electron chi connectivity index (χ1n) is 7.33. The molecule has 1 aromatic rings. The highest BCUT2D eigenvalue weighted by Crippen LogP contribution is 2.28. The van der Waals surface area contributed by atoms with E-state index in [2.05, 4.69) is 10.2 Å². The second-order valence-corrected chi connectivity index (χ2v) is 5.63. The van der Waals surface area contributed by atoms with Crippen molar-refractivity contribution in [2.45, 2.75) is 39.2 Å². The number of hydrogen-bond donors (Lipinski definition) is 1. The number of amides is 1. The molecule has 0 saturated carbocycles. The minimum Gasteiger partial charge on any atom is -0.371 e. The molecule has 6 nitrogen and oxygen atoms in total. The van der Waals surface area contributed by atoms with E-state index in [9.17, 15) is 14.9 Å². The fourth-order valence-electron chi connectivity index (χ4n) is 2.57. The molecule has 1 heterocycles. The highest BCUT2D eigenvalue weighted by atomic mass is 16.6. The predicted octanol–water partition coefficient (Wildman–Crippen LogP) is 2.72. The molecule has 1 aliphatic heterocycles. The van der Waals surface area contributed by atoms with Crippen LogP contribution in [0.3, 0.4) is 0 Å². The highest BCUT2D eigenvalue weighted by molar-refractivity contribution is 6.00. The lowest BCUT2D eigenvalue weighted by molar-refractivity contribution is -0.384. The van der Waals surface area contributed by atoms with E-state index < -0.39 is 4.92 Å². The SMILES string of the molecule is CC(C)NC(=O)c1cc([N+](=O)[O-])ccc1N1CCCCC1. The van der Waals surface area contributed by atoms with E-state index in [4.69, 9.17) is 0 Å². The zero-order valence-corrected chi connectivity index (χ0v) is 12.5. The number of non-ortho nitro benzene ring substituents is 1. The first-order valence-corrected chi connectivity index (χ1v) is 7.33. The standard InChI is InChI=1S/C15H21N3O3/c1-11(2)16-15(19)13-10-12(18(20)21)6-7-14(13)17-8-4-3-5-9-17/h6-7,10-11H,3-5,8-9H2,1-2H3,(H,16,19). The van der Waals surface area contributed by atoms with Crippen LogP contribution in [-0.4, -0.2) is 30.0 Å². The van der Waals surface area contributed by atoms with Gasteiger partial charge in [0.15, 0.2) is 0 Å². The Bertz CT molecular complexity index is 537. The van der Waals surface area contributed by atoms with Gasteiger partial charge in [-0.1, -0.05) is 0 Å². The van der Waals surface area contributed by atoms with Crippen molar-refractivity contribution in [3.8, 4) is 0 Å². The number of carbonyl (C=O) groups excluding carboxylic acids is 1. The van der Waals surface area contributed by atoms with Gasteiger partial charge in [-0.2, -0.15) is 0 Å². The monoisotopic (exact) mass is 291 g/mol. The van der Waals surface area contributed by atoms with E-state index in [1.54, 1.807) is 6.07 Å². The van der Waals surface area contributed by atoms with Gasteiger partial charge in [-0.3, -0.25) is 14.9 Å². The maximum atomic E-state index is 12.3. The Morgan fingerprint density at radius 1 is 1.29 bits per heavy atom. The van der Waals surface area contributed by atoms with E-state index in [0.717, 1.165) is 31.6 Å². The summed E-state index contributed by atoms with van der Waals surface area (Å²) in [6.45, 7) is 5.52. The fraction of sp³-hybridized carbons (Fsp3) is 0.533. The summed E-state index contributed by atoms with van der Waals surface area (Å²) in [5.74, 6) is -0.255. The second kappa shape index (κ2) is 6.56. The molecule has 21 heavy (non-hydrogen) atoms. The Kier molecular flexibility index (Phi) is 4.77. The van der Waals surface area contributed by atoms with Gasteiger partial charge in [-0.25, -0.2) is 0 Å². The van der Waals surface area contributed by atoms with E-state index in [-0.39, 0.29) is 17.6 Å². The van der Waals surface area contributed by atoms with Crippen LogP contribution in [0, 0.1) is 10.1 Å². The maximum Gasteiger partial charge on any atom is 0.270 e. The molecule has 1 amide bonds. The van der Waals surface area contributed by atoms with E-state index in [1.807, 2.05) is 13.8 Å². The van der Waals surface area contributed by atoms with Gasteiger partial charge in [0.1, 0.15) is 0 Å². The summed E-state index contributed by atoms with van der Waals surface area (Å²) in [7, 11) is 0. The summed E-state index contributed by atoms with van der Waals surface area (Å²) in [6, 6.07) is 4.53. The molecule has 2 rings (SSSR count). The average Bonchev–Trinajstić information content (AvgIpc) is 2.46. The number of carbonyl (C=O) groups is 1. The van der Waals surface area contributed by atoms with Crippen molar-refractivity contribution in [1.29, 1.82) is 0 Å². The van der Waals surface area contributed by atoms with E-state index in [0.29, 0.717) is 5.56 Å². The van der Waals surface area contributed by atoms with Crippen LogP contribution < -0.4 is 10.2 Å². The molecule has 0 radical (unpaired) electrons. The fourth-order valence-corrected chi connectivity index (χ4v) is 2.57. The zero-order valence-electron chi connectivity index (χ0n) is 12.5. The molecule has 1 aromatic carbocycles. The topological polar surface area (TPSA) is 75.5 Å². The summed E-state index contributed by atoms with van der Waals surface area (Å²) in [4.78, 5) is 25.0. The normalized spacial score (nSPS) is 15.1. The number of nitro benzene ring substituents is 1. The Balaban J connectivity index is 2.37. The Morgan fingerprint density at radius 2 is 1.95 bits per heavy atom.